The van der Waals surface area contributed by atoms with Crippen LogP contribution in [-0.2, 0) is 0 Å². The third kappa shape index (κ3) is 3.40. The van der Waals surface area contributed by atoms with Gasteiger partial charge in [0, 0.05) is 6.54 Å². The van der Waals surface area contributed by atoms with Gasteiger partial charge in [0.15, 0.2) is 0 Å². The minimum Gasteiger partial charge on any atom is -0.388 e. The Hall–Kier alpha value is -1.80. The summed E-state index contributed by atoms with van der Waals surface area (Å²) >= 11 is 1.31. The Balaban J connectivity index is 2.06. The number of tetrazole rings is 1. The van der Waals surface area contributed by atoms with Gasteiger partial charge in [0.05, 0.1) is 11.3 Å². The van der Waals surface area contributed by atoms with Crippen molar-refractivity contribution < 1.29 is 9.90 Å². The monoisotopic (exact) mass is 295 g/mol. The van der Waals surface area contributed by atoms with E-state index in [-0.39, 0.29) is 12.5 Å². The Kier molecular flexibility index (Phi) is 4.46. The molecule has 0 fully saturated rings. The van der Waals surface area contributed by atoms with Gasteiger partial charge < -0.3 is 10.4 Å². The molecule has 2 aromatic heterocycles. The number of amides is 1. The van der Waals surface area contributed by atoms with Gasteiger partial charge in [0.25, 0.3) is 5.91 Å². The van der Waals surface area contributed by atoms with Crippen molar-refractivity contribution in [2.45, 2.75) is 32.3 Å². The quantitative estimate of drug-likeness (QED) is 0.829. The lowest BCUT2D eigenvalue weighted by atomic mass is 10.0. The van der Waals surface area contributed by atoms with Crippen LogP contribution in [0.25, 0.3) is 5.69 Å². The van der Waals surface area contributed by atoms with E-state index in [1.54, 1.807) is 18.4 Å². The second-order valence-corrected chi connectivity index (χ2v) is 5.74. The summed E-state index contributed by atoms with van der Waals surface area (Å²) in [5, 5.41) is 25.5. The first-order valence-corrected chi connectivity index (χ1v) is 7.23. The van der Waals surface area contributed by atoms with Crippen molar-refractivity contribution in [2.75, 3.05) is 6.54 Å². The van der Waals surface area contributed by atoms with Crippen molar-refractivity contribution in [2.24, 2.45) is 0 Å². The SMILES string of the molecule is CCCC(C)(O)CNC(=O)c1sccc1-n1cnnn1. The minimum atomic E-state index is -0.892. The molecule has 2 rings (SSSR count). The average Bonchev–Trinajstić information content (AvgIpc) is 3.05. The number of rotatable bonds is 6. The predicted molar refractivity (Wildman–Crippen MR) is 74.9 cm³/mol. The van der Waals surface area contributed by atoms with E-state index in [1.165, 1.54) is 22.3 Å². The molecule has 0 spiro atoms. The summed E-state index contributed by atoms with van der Waals surface area (Å²) in [6.45, 7) is 3.92. The van der Waals surface area contributed by atoms with Crippen LogP contribution >= 0.6 is 11.3 Å². The van der Waals surface area contributed by atoms with Gasteiger partial charge in [-0.15, -0.1) is 16.4 Å². The van der Waals surface area contributed by atoms with E-state index in [9.17, 15) is 9.90 Å². The molecule has 20 heavy (non-hydrogen) atoms. The van der Waals surface area contributed by atoms with E-state index in [0.29, 0.717) is 17.0 Å². The summed E-state index contributed by atoms with van der Waals surface area (Å²) in [7, 11) is 0. The number of hydrogen-bond acceptors (Lipinski definition) is 6. The summed E-state index contributed by atoms with van der Waals surface area (Å²) in [5.74, 6) is -0.234. The zero-order chi connectivity index (χ0) is 14.6. The molecule has 0 aliphatic carbocycles. The van der Waals surface area contributed by atoms with Crippen LogP contribution in [0.15, 0.2) is 17.8 Å². The van der Waals surface area contributed by atoms with E-state index in [1.807, 2.05) is 6.92 Å². The van der Waals surface area contributed by atoms with Crippen molar-refractivity contribution in [3.05, 3.63) is 22.7 Å². The molecule has 0 aliphatic heterocycles. The molecule has 0 aromatic carbocycles. The second-order valence-electron chi connectivity index (χ2n) is 4.82. The van der Waals surface area contributed by atoms with Crippen molar-refractivity contribution >= 4 is 17.2 Å². The normalized spacial score (nSPS) is 13.9. The summed E-state index contributed by atoms with van der Waals surface area (Å²) in [6.07, 6.45) is 2.93. The lowest BCUT2D eigenvalue weighted by Crippen LogP contribution is -2.40. The third-order valence-electron chi connectivity index (χ3n) is 2.86. The Morgan fingerprint density at radius 3 is 3.05 bits per heavy atom. The third-order valence-corrected chi connectivity index (χ3v) is 3.77. The number of carbonyl (C=O) groups is 1. The van der Waals surface area contributed by atoms with Crippen LogP contribution < -0.4 is 5.32 Å². The molecule has 1 atom stereocenters. The fraction of sp³-hybridized carbons (Fsp3) is 0.500. The lowest BCUT2D eigenvalue weighted by molar-refractivity contribution is 0.0470. The van der Waals surface area contributed by atoms with Gasteiger partial charge >= 0.3 is 0 Å². The number of nitrogens with one attached hydrogen (secondary N) is 1. The number of aliphatic hydroxyl groups is 1. The van der Waals surface area contributed by atoms with Gasteiger partial charge in [-0.1, -0.05) is 13.3 Å². The van der Waals surface area contributed by atoms with Gasteiger partial charge in [-0.2, -0.15) is 4.68 Å². The maximum atomic E-state index is 12.2. The zero-order valence-electron chi connectivity index (χ0n) is 11.4. The highest BCUT2D eigenvalue weighted by Crippen LogP contribution is 2.20. The summed E-state index contributed by atoms with van der Waals surface area (Å²) in [4.78, 5) is 12.7. The number of aromatic nitrogens is 4. The molecule has 0 bridgehead atoms. The first-order chi connectivity index (χ1) is 9.53. The molecule has 108 valence electrons. The number of hydrogen-bond donors (Lipinski definition) is 2. The highest BCUT2D eigenvalue weighted by molar-refractivity contribution is 7.12. The second kappa shape index (κ2) is 6.10. The number of thiophene rings is 1. The van der Waals surface area contributed by atoms with Crippen LogP contribution in [0, 0.1) is 0 Å². The van der Waals surface area contributed by atoms with Crippen LogP contribution in [0.5, 0.6) is 0 Å². The molecular formula is C12H17N5O2S. The van der Waals surface area contributed by atoms with E-state index < -0.39 is 5.60 Å². The van der Waals surface area contributed by atoms with E-state index in [0.717, 1.165) is 6.42 Å². The summed E-state index contributed by atoms with van der Waals surface area (Å²) < 4.78 is 1.44. The summed E-state index contributed by atoms with van der Waals surface area (Å²) in [6, 6.07) is 1.78. The largest absolute Gasteiger partial charge is 0.388 e. The topological polar surface area (TPSA) is 92.9 Å². The highest BCUT2D eigenvalue weighted by atomic mass is 32.1. The zero-order valence-corrected chi connectivity index (χ0v) is 12.2. The molecule has 2 aromatic rings. The highest BCUT2D eigenvalue weighted by Gasteiger charge is 2.22. The Bertz CT molecular complexity index is 564. The molecule has 1 unspecified atom stereocenters. The molecule has 7 nitrogen and oxygen atoms in total. The lowest BCUT2D eigenvalue weighted by Gasteiger charge is -2.22. The maximum Gasteiger partial charge on any atom is 0.263 e. The summed E-state index contributed by atoms with van der Waals surface area (Å²) in [5.41, 5.74) is -0.260. The van der Waals surface area contributed by atoms with Gasteiger partial charge in [-0.3, -0.25) is 4.79 Å². The van der Waals surface area contributed by atoms with Gasteiger partial charge in [-0.05, 0) is 35.2 Å². The molecular weight excluding hydrogens is 278 g/mol. The van der Waals surface area contributed by atoms with Crippen LogP contribution in [0.3, 0.4) is 0 Å². The van der Waals surface area contributed by atoms with Crippen LogP contribution in [-0.4, -0.2) is 43.4 Å². The van der Waals surface area contributed by atoms with Gasteiger partial charge in [0.1, 0.15) is 11.2 Å². The molecule has 8 heteroatoms. The predicted octanol–water partition coefficient (Wildman–Crippen LogP) is 1.00. The number of carbonyl (C=O) groups excluding carboxylic acids is 1. The molecule has 0 saturated carbocycles. The number of nitrogens with zero attached hydrogens (tertiary/aromatic N) is 4. The molecule has 1 amide bonds. The van der Waals surface area contributed by atoms with Gasteiger partial charge in [0.2, 0.25) is 0 Å². The van der Waals surface area contributed by atoms with Crippen molar-refractivity contribution in [1.29, 1.82) is 0 Å². The van der Waals surface area contributed by atoms with Crippen molar-refractivity contribution in [1.82, 2.24) is 25.5 Å². The minimum absolute atomic E-state index is 0.215. The van der Waals surface area contributed by atoms with E-state index in [2.05, 4.69) is 20.8 Å². The molecule has 2 heterocycles. The van der Waals surface area contributed by atoms with E-state index >= 15 is 0 Å². The Labute approximate surface area is 120 Å². The fourth-order valence-corrected chi connectivity index (χ4v) is 2.70. The molecule has 0 saturated heterocycles. The van der Waals surface area contributed by atoms with E-state index in [4.69, 9.17) is 0 Å². The van der Waals surface area contributed by atoms with Crippen molar-refractivity contribution in [3.8, 4) is 5.69 Å². The smallest absolute Gasteiger partial charge is 0.263 e. The van der Waals surface area contributed by atoms with Crippen molar-refractivity contribution in [3.63, 3.8) is 0 Å². The standard InChI is InChI=1S/C12H17N5O2S/c1-3-5-12(2,19)7-13-11(18)10-9(4-6-20-10)17-8-14-15-16-17/h4,6,8,19H,3,5,7H2,1-2H3,(H,13,18). The Morgan fingerprint density at radius 2 is 2.40 bits per heavy atom. The Morgan fingerprint density at radius 1 is 1.60 bits per heavy atom. The van der Waals surface area contributed by atoms with Gasteiger partial charge in [-0.25, -0.2) is 0 Å². The average molecular weight is 295 g/mol. The maximum absolute atomic E-state index is 12.2. The molecule has 0 aliphatic rings. The van der Waals surface area contributed by atoms with Crippen LogP contribution in [0.2, 0.25) is 0 Å². The first-order valence-electron chi connectivity index (χ1n) is 6.35. The first kappa shape index (κ1) is 14.6. The van der Waals surface area contributed by atoms with Crippen LogP contribution in [0.1, 0.15) is 36.4 Å². The molecule has 2 N–H and O–H groups in total. The van der Waals surface area contributed by atoms with Crippen LogP contribution in [0.4, 0.5) is 0 Å². The fourth-order valence-electron chi connectivity index (χ4n) is 1.90. The molecule has 0 radical (unpaired) electrons.